The molecular weight excluding hydrogens is 248 g/mol. The molecule has 0 saturated carbocycles. The van der Waals surface area contributed by atoms with Crippen molar-refractivity contribution in [2.75, 3.05) is 13.1 Å². The van der Waals surface area contributed by atoms with Crippen molar-refractivity contribution in [3.8, 4) is 0 Å². The van der Waals surface area contributed by atoms with Gasteiger partial charge in [0, 0.05) is 18.9 Å². The molecule has 1 aliphatic rings. The molecule has 0 unspecified atom stereocenters. The van der Waals surface area contributed by atoms with Crippen molar-refractivity contribution in [1.82, 2.24) is 5.32 Å². The fourth-order valence-electron chi connectivity index (χ4n) is 2.56. The minimum atomic E-state index is -0.624. The van der Waals surface area contributed by atoms with Gasteiger partial charge in [-0.3, -0.25) is 4.79 Å². The molecule has 1 fully saturated rings. The molecule has 0 atom stereocenters. The Kier molecular flexibility index (Phi) is 5.02. The molecule has 1 N–H and O–H groups in total. The Labute approximate surface area is 112 Å². The lowest BCUT2D eigenvalue weighted by molar-refractivity contribution is -0.118. The van der Waals surface area contributed by atoms with Gasteiger partial charge < -0.3 is 5.32 Å². The quantitative estimate of drug-likeness (QED) is 0.888. The van der Waals surface area contributed by atoms with Crippen LogP contribution >= 0.6 is 0 Å². The molecule has 2 nitrogen and oxygen atoms in total. The standard InChI is InChI=1S/C15H19F2NO/c16-13-7-12(8-14(17)10-13)9-15(19)2-1-11-3-5-18-6-4-11/h7-8,10-11,18H,1-6,9H2. The van der Waals surface area contributed by atoms with Gasteiger partial charge in [-0.1, -0.05) is 0 Å². The summed E-state index contributed by atoms with van der Waals surface area (Å²) in [5.41, 5.74) is 0.424. The number of Topliss-reactive ketones (excluding diaryl/α,β-unsaturated/α-hetero) is 1. The number of nitrogens with one attached hydrogen (secondary N) is 1. The zero-order chi connectivity index (χ0) is 13.7. The third-order valence-electron chi connectivity index (χ3n) is 3.61. The van der Waals surface area contributed by atoms with E-state index in [0.29, 0.717) is 17.9 Å². The zero-order valence-electron chi connectivity index (χ0n) is 10.9. The van der Waals surface area contributed by atoms with Crippen LogP contribution < -0.4 is 5.32 Å². The number of rotatable bonds is 5. The predicted molar refractivity (Wildman–Crippen MR) is 69.9 cm³/mol. The third kappa shape index (κ3) is 4.71. The lowest BCUT2D eigenvalue weighted by Crippen LogP contribution is -2.28. The van der Waals surface area contributed by atoms with Crippen LogP contribution in [0.15, 0.2) is 18.2 Å². The Morgan fingerprint density at radius 3 is 2.42 bits per heavy atom. The molecule has 1 aromatic rings. The number of hydrogen-bond donors (Lipinski definition) is 1. The van der Waals surface area contributed by atoms with Gasteiger partial charge in [-0.25, -0.2) is 8.78 Å². The maximum absolute atomic E-state index is 13.0. The lowest BCUT2D eigenvalue weighted by Gasteiger charge is -2.22. The third-order valence-corrected chi connectivity index (χ3v) is 3.61. The topological polar surface area (TPSA) is 29.1 Å². The van der Waals surface area contributed by atoms with Crippen LogP contribution in [0.5, 0.6) is 0 Å². The molecule has 0 aliphatic carbocycles. The van der Waals surface area contributed by atoms with Crippen LogP contribution in [0.2, 0.25) is 0 Å². The molecule has 1 saturated heterocycles. The summed E-state index contributed by atoms with van der Waals surface area (Å²) in [5, 5.41) is 3.29. The number of carbonyl (C=O) groups is 1. The summed E-state index contributed by atoms with van der Waals surface area (Å²) in [5.74, 6) is -0.583. The van der Waals surface area contributed by atoms with Crippen LogP contribution in [0.1, 0.15) is 31.2 Å². The number of carbonyl (C=O) groups excluding carboxylic acids is 1. The molecule has 104 valence electrons. The predicted octanol–water partition coefficient (Wildman–Crippen LogP) is 2.86. The van der Waals surface area contributed by atoms with Crippen LogP contribution in [0.4, 0.5) is 8.78 Å². The van der Waals surface area contributed by atoms with Gasteiger partial charge in [0.05, 0.1) is 0 Å². The monoisotopic (exact) mass is 267 g/mol. The Morgan fingerprint density at radius 1 is 1.16 bits per heavy atom. The fourth-order valence-corrected chi connectivity index (χ4v) is 2.56. The van der Waals surface area contributed by atoms with Crippen molar-refractivity contribution in [3.63, 3.8) is 0 Å². The van der Waals surface area contributed by atoms with E-state index in [1.54, 1.807) is 0 Å². The first-order chi connectivity index (χ1) is 9.13. The van der Waals surface area contributed by atoms with E-state index in [-0.39, 0.29) is 12.2 Å². The van der Waals surface area contributed by atoms with Gasteiger partial charge in [0.2, 0.25) is 0 Å². The molecule has 19 heavy (non-hydrogen) atoms. The molecule has 0 radical (unpaired) electrons. The van der Waals surface area contributed by atoms with Crippen LogP contribution in [-0.4, -0.2) is 18.9 Å². The van der Waals surface area contributed by atoms with Crippen LogP contribution in [0.3, 0.4) is 0 Å². The van der Waals surface area contributed by atoms with E-state index in [1.165, 1.54) is 12.1 Å². The first-order valence-electron chi connectivity index (χ1n) is 6.81. The van der Waals surface area contributed by atoms with E-state index in [2.05, 4.69) is 5.32 Å². The molecule has 1 aliphatic heterocycles. The molecule has 0 amide bonds. The van der Waals surface area contributed by atoms with E-state index < -0.39 is 11.6 Å². The summed E-state index contributed by atoms with van der Waals surface area (Å²) >= 11 is 0. The number of halogens is 2. The van der Waals surface area contributed by atoms with E-state index >= 15 is 0 Å². The highest BCUT2D eigenvalue weighted by Crippen LogP contribution is 2.18. The Balaban J connectivity index is 1.80. The molecule has 0 spiro atoms. The van der Waals surface area contributed by atoms with Gasteiger partial charge in [0.15, 0.2) is 0 Å². The van der Waals surface area contributed by atoms with Crippen LogP contribution in [0, 0.1) is 17.6 Å². The highest BCUT2D eigenvalue weighted by molar-refractivity contribution is 5.80. The summed E-state index contributed by atoms with van der Waals surface area (Å²) in [6.07, 6.45) is 3.74. The molecule has 2 rings (SSSR count). The molecule has 1 aromatic carbocycles. The zero-order valence-corrected chi connectivity index (χ0v) is 10.9. The number of benzene rings is 1. The van der Waals surface area contributed by atoms with E-state index in [1.807, 2.05) is 0 Å². The summed E-state index contributed by atoms with van der Waals surface area (Å²) in [6.45, 7) is 2.04. The first-order valence-corrected chi connectivity index (χ1v) is 6.81. The van der Waals surface area contributed by atoms with Crippen LogP contribution in [-0.2, 0) is 11.2 Å². The number of ketones is 1. The molecule has 0 aromatic heterocycles. The van der Waals surface area contributed by atoms with E-state index in [4.69, 9.17) is 0 Å². The second kappa shape index (κ2) is 6.75. The number of hydrogen-bond acceptors (Lipinski definition) is 2. The molecular formula is C15H19F2NO. The van der Waals surface area contributed by atoms with Gasteiger partial charge in [-0.2, -0.15) is 0 Å². The van der Waals surface area contributed by atoms with Crippen molar-refractivity contribution in [3.05, 3.63) is 35.4 Å². The SMILES string of the molecule is O=C(CCC1CCNCC1)Cc1cc(F)cc(F)c1. The summed E-state index contributed by atoms with van der Waals surface area (Å²) in [6, 6.07) is 3.28. The minimum Gasteiger partial charge on any atom is -0.317 e. The van der Waals surface area contributed by atoms with Gasteiger partial charge in [-0.05, 0) is 56.0 Å². The average molecular weight is 267 g/mol. The molecule has 1 heterocycles. The summed E-state index contributed by atoms with van der Waals surface area (Å²) < 4.78 is 26.0. The second-order valence-corrected chi connectivity index (χ2v) is 5.23. The minimum absolute atomic E-state index is 0.0588. The van der Waals surface area contributed by atoms with Crippen molar-refractivity contribution in [2.45, 2.75) is 32.1 Å². The number of piperidine rings is 1. The van der Waals surface area contributed by atoms with E-state index in [0.717, 1.165) is 38.4 Å². The van der Waals surface area contributed by atoms with Gasteiger partial charge >= 0.3 is 0 Å². The highest BCUT2D eigenvalue weighted by Gasteiger charge is 2.15. The summed E-state index contributed by atoms with van der Waals surface area (Å²) in [4.78, 5) is 11.8. The maximum Gasteiger partial charge on any atom is 0.137 e. The highest BCUT2D eigenvalue weighted by atomic mass is 19.1. The lowest BCUT2D eigenvalue weighted by atomic mass is 9.91. The Hall–Kier alpha value is -1.29. The van der Waals surface area contributed by atoms with Crippen molar-refractivity contribution < 1.29 is 13.6 Å². The van der Waals surface area contributed by atoms with E-state index in [9.17, 15) is 13.6 Å². The van der Waals surface area contributed by atoms with Gasteiger partial charge in [0.25, 0.3) is 0 Å². The fraction of sp³-hybridized carbons (Fsp3) is 0.533. The Morgan fingerprint density at radius 2 is 1.79 bits per heavy atom. The molecule has 0 bridgehead atoms. The maximum atomic E-state index is 13.0. The van der Waals surface area contributed by atoms with Crippen molar-refractivity contribution >= 4 is 5.78 Å². The van der Waals surface area contributed by atoms with Gasteiger partial charge in [0.1, 0.15) is 17.4 Å². The molecule has 4 heteroatoms. The van der Waals surface area contributed by atoms with Crippen molar-refractivity contribution in [1.29, 1.82) is 0 Å². The summed E-state index contributed by atoms with van der Waals surface area (Å²) in [7, 11) is 0. The Bertz CT molecular complexity index is 422. The average Bonchev–Trinajstić information content (AvgIpc) is 2.36. The second-order valence-electron chi connectivity index (χ2n) is 5.23. The van der Waals surface area contributed by atoms with Crippen molar-refractivity contribution in [2.24, 2.45) is 5.92 Å². The van der Waals surface area contributed by atoms with Crippen LogP contribution in [0.25, 0.3) is 0 Å². The van der Waals surface area contributed by atoms with Gasteiger partial charge in [-0.15, -0.1) is 0 Å². The largest absolute Gasteiger partial charge is 0.317 e. The smallest absolute Gasteiger partial charge is 0.137 e. The first kappa shape index (κ1) is 14.1. The normalized spacial score (nSPS) is 16.5.